The molecular formula is C16H14BrN. The fourth-order valence-corrected chi connectivity index (χ4v) is 2.91. The van der Waals surface area contributed by atoms with Crippen LogP contribution in [-0.2, 0) is 5.54 Å². The van der Waals surface area contributed by atoms with Crippen LogP contribution in [0.4, 0.5) is 0 Å². The maximum absolute atomic E-state index is 4.02. The Hall–Kier alpha value is -1.54. The molecule has 1 aliphatic rings. The highest BCUT2D eigenvalue weighted by atomic mass is 79.9. The molecule has 0 bridgehead atoms. The monoisotopic (exact) mass is 299 g/mol. The first-order valence-electron chi connectivity index (χ1n) is 6.00. The van der Waals surface area contributed by atoms with Gasteiger partial charge in [-0.1, -0.05) is 46.3 Å². The predicted molar refractivity (Wildman–Crippen MR) is 80.7 cm³/mol. The summed E-state index contributed by atoms with van der Waals surface area (Å²) in [6.45, 7) is 4.02. The number of nitrogens with zero attached hydrogens (tertiary/aromatic N) is 1. The molecule has 0 radical (unpaired) electrons. The van der Waals surface area contributed by atoms with Gasteiger partial charge in [0.15, 0.2) is 0 Å². The van der Waals surface area contributed by atoms with Crippen LogP contribution < -0.4 is 0 Å². The largest absolute Gasteiger partial charge is 0.334 e. The van der Waals surface area contributed by atoms with Gasteiger partial charge in [-0.3, -0.25) is 0 Å². The third kappa shape index (κ3) is 1.68. The molecule has 18 heavy (non-hydrogen) atoms. The van der Waals surface area contributed by atoms with Crippen molar-refractivity contribution in [1.82, 2.24) is 4.57 Å². The number of benzene rings is 1. The zero-order valence-electron chi connectivity index (χ0n) is 10.0. The Morgan fingerprint density at radius 2 is 2.17 bits per heavy atom. The second-order valence-corrected chi connectivity index (χ2v) is 5.49. The third-order valence-electron chi connectivity index (χ3n) is 3.53. The Morgan fingerprint density at radius 1 is 1.28 bits per heavy atom. The molecule has 0 spiro atoms. The molecule has 1 nitrogen and oxygen atoms in total. The summed E-state index contributed by atoms with van der Waals surface area (Å²) >= 11 is 3.51. The Kier molecular flexibility index (Phi) is 2.75. The van der Waals surface area contributed by atoms with Gasteiger partial charge in [-0.25, -0.2) is 0 Å². The molecule has 2 heteroatoms. The molecule has 1 unspecified atom stereocenters. The van der Waals surface area contributed by atoms with E-state index in [2.05, 4.69) is 81.8 Å². The molecule has 0 fully saturated rings. The summed E-state index contributed by atoms with van der Waals surface area (Å²) in [4.78, 5) is 0. The summed E-state index contributed by atoms with van der Waals surface area (Å²) in [5.41, 5.74) is 1.10. The van der Waals surface area contributed by atoms with E-state index in [0.717, 1.165) is 10.9 Å². The average Bonchev–Trinajstić information content (AvgIpc) is 2.83. The molecule has 1 atom stereocenters. The maximum Gasteiger partial charge on any atom is 0.0846 e. The average molecular weight is 300 g/mol. The summed E-state index contributed by atoms with van der Waals surface area (Å²) < 4.78 is 3.40. The van der Waals surface area contributed by atoms with Crippen molar-refractivity contribution < 1.29 is 0 Å². The van der Waals surface area contributed by atoms with Crippen molar-refractivity contribution in [2.75, 3.05) is 0 Å². The van der Waals surface area contributed by atoms with Crippen molar-refractivity contribution in [2.24, 2.45) is 0 Å². The number of halogens is 1. The van der Waals surface area contributed by atoms with Gasteiger partial charge in [0, 0.05) is 21.6 Å². The summed E-state index contributed by atoms with van der Waals surface area (Å²) in [7, 11) is 0. The summed E-state index contributed by atoms with van der Waals surface area (Å²) in [6.07, 6.45) is 13.7. The van der Waals surface area contributed by atoms with Gasteiger partial charge in [0.2, 0.25) is 0 Å². The molecule has 1 aliphatic carbocycles. The molecule has 90 valence electrons. The molecule has 1 aromatic carbocycles. The highest BCUT2D eigenvalue weighted by molar-refractivity contribution is 9.10. The van der Waals surface area contributed by atoms with Gasteiger partial charge in [-0.15, -0.1) is 6.58 Å². The van der Waals surface area contributed by atoms with E-state index in [9.17, 15) is 0 Å². The normalized spacial score (nSPS) is 22.5. The molecule has 1 aromatic heterocycles. The smallest absolute Gasteiger partial charge is 0.0846 e. The fraction of sp³-hybridized carbons (Fsp3) is 0.125. The zero-order valence-corrected chi connectivity index (χ0v) is 11.6. The van der Waals surface area contributed by atoms with E-state index in [0.29, 0.717) is 0 Å². The number of allylic oxidation sites excluding steroid dienone is 5. The Balaban J connectivity index is 2.22. The van der Waals surface area contributed by atoms with Gasteiger partial charge in [0.1, 0.15) is 0 Å². The van der Waals surface area contributed by atoms with E-state index in [1.54, 1.807) is 0 Å². The first-order valence-corrected chi connectivity index (χ1v) is 6.79. The van der Waals surface area contributed by atoms with E-state index < -0.39 is 0 Å². The molecule has 1 heterocycles. The van der Waals surface area contributed by atoms with Crippen LogP contribution in [0.1, 0.15) is 6.42 Å². The van der Waals surface area contributed by atoms with Gasteiger partial charge in [-0.2, -0.15) is 0 Å². The minimum Gasteiger partial charge on any atom is -0.334 e. The molecule has 0 saturated carbocycles. The number of fused-ring (bicyclic) bond motifs is 1. The lowest BCUT2D eigenvalue weighted by Crippen LogP contribution is -2.28. The van der Waals surface area contributed by atoms with Gasteiger partial charge >= 0.3 is 0 Å². The van der Waals surface area contributed by atoms with Crippen molar-refractivity contribution in [3.05, 3.63) is 71.9 Å². The van der Waals surface area contributed by atoms with E-state index in [-0.39, 0.29) is 5.54 Å². The van der Waals surface area contributed by atoms with Crippen LogP contribution >= 0.6 is 15.9 Å². The quantitative estimate of drug-likeness (QED) is 0.702. The zero-order chi connectivity index (χ0) is 12.6. The first kappa shape index (κ1) is 11.5. The van der Waals surface area contributed by atoms with Crippen molar-refractivity contribution in [3.8, 4) is 0 Å². The molecule has 0 saturated heterocycles. The first-order chi connectivity index (χ1) is 8.75. The SMILES string of the molecule is C=CC1(n2ccc3cc(Br)ccc32)C=CC=CC1. The third-order valence-corrected chi connectivity index (χ3v) is 4.02. The van der Waals surface area contributed by atoms with Crippen LogP contribution in [0, 0.1) is 0 Å². The van der Waals surface area contributed by atoms with Crippen LogP contribution in [0.25, 0.3) is 10.9 Å². The van der Waals surface area contributed by atoms with Gasteiger partial charge in [0.05, 0.1) is 5.54 Å². The van der Waals surface area contributed by atoms with Crippen molar-refractivity contribution >= 4 is 26.8 Å². The van der Waals surface area contributed by atoms with Gasteiger partial charge < -0.3 is 4.57 Å². The second kappa shape index (κ2) is 4.29. The number of hydrogen-bond acceptors (Lipinski definition) is 0. The summed E-state index contributed by atoms with van der Waals surface area (Å²) in [6, 6.07) is 8.53. The standard InChI is InChI=1S/C16H14BrN/c1-2-16(9-4-3-5-10-16)18-11-8-13-12-14(17)6-7-15(13)18/h2-9,11-12H,1,10H2. The van der Waals surface area contributed by atoms with Gasteiger partial charge in [0.25, 0.3) is 0 Å². The number of hydrogen-bond donors (Lipinski definition) is 0. The topological polar surface area (TPSA) is 4.93 Å². The molecule has 0 N–H and O–H groups in total. The summed E-state index contributed by atoms with van der Waals surface area (Å²) in [5, 5.41) is 1.24. The van der Waals surface area contributed by atoms with E-state index in [1.807, 2.05) is 6.08 Å². The minimum atomic E-state index is -0.135. The van der Waals surface area contributed by atoms with E-state index >= 15 is 0 Å². The van der Waals surface area contributed by atoms with Crippen LogP contribution in [0.3, 0.4) is 0 Å². The number of rotatable bonds is 2. The summed E-state index contributed by atoms with van der Waals surface area (Å²) in [5.74, 6) is 0. The molecule has 0 amide bonds. The Bertz CT molecular complexity index is 663. The second-order valence-electron chi connectivity index (χ2n) is 4.58. The van der Waals surface area contributed by atoms with Gasteiger partial charge in [-0.05, 0) is 30.7 Å². The molecular weight excluding hydrogens is 286 g/mol. The van der Waals surface area contributed by atoms with E-state index in [1.165, 1.54) is 10.9 Å². The van der Waals surface area contributed by atoms with Crippen LogP contribution in [0.15, 0.2) is 71.9 Å². The highest BCUT2D eigenvalue weighted by Gasteiger charge is 2.26. The van der Waals surface area contributed by atoms with E-state index in [4.69, 9.17) is 0 Å². The van der Waals surface area contributed by atoms with Crippen molar-refractivity contribution in [3.63, 3.8) is 0 Å². The van der Waals surface area contributed by atoms with Crippen LogP contribution in [0.5, 0.6) is 0 Å². The lowest BCUT2D eigenvalue weighted by atomic mass is 9.91. The van der Waals surface area contributed by atoms with Crippen molar-refractivity contribution in [2.45, 2.75) is 12.0 Å². The minimum absolute atomic E-state index is 0.135. The molecule has 0 aliphatic heterocycles. The maximum atomic E-state index is 4.02. The lowest BCUT2D eigenvalue weighted by molar-refractivity contribution is 0.485. The highest BCUT2D eigenvalue weighted by Crippen LogP contribution is 2.33. The van der Waals surface area contributed by atoms with Crippen molar-refractivity contribution in [1.29, 1.82) is 0 Å². The Labute approximate surface area is 115 Å². The Morgan fingerprint density at radius 3 is 2.89 bits per heavy atom. The predicted octanol–water partition coefficient (Wildman–Crippen LogP) is 4.80. The van der Waals surface area contributed by atoms with Crippen LogP contribution in [0.2, 0.25) is 0 Å². The number of aromatic nitrogens is 1. The fourth-order valence-electron chi connectivity index (χ4n) is 2.53. The molecule has 2 aromatic rings. The lowest BCUT2D eigenvalue weighted by Gasteiger charge is -2.30. The van der Waals surface area contributed by atoms with Crippen LogP contribution in [-0.4, -0.2) is 4.57 Å². The molecule has 3 rings (SSSR count).